The monoisotopic (exact) mass is 206 g/mol. The number of carbonyl (C=O) groups is 1. The van der Waals surface area contributed by atoms with Gasteiger partial charge in [0.25, 0.3) is 0 Å². The summed E-state index contributed by atoms with van der Waals surface area (Å²) >= 11 is 0. The maximum absolute atomic E-state index is 11.8. The molecule has 0 aliphatic carbocycles. The van der Waals surface area contributed by atoms with Crippen LogP contribution >= 0.6 is 0 Å². The number of fused-ring (bicyclic) bond motifs is 1. The third-order valence-electron chi connectivity index (χ3n) is 2.44. The molecular weight excluding hydrogens is 196 g/mol. The molecule has 1 atom stereocenters. The van der Waals surface area contributed by atoms with Crippen LogP contribution in [0, 0.1) is 0 Å². The van der Waals surface area contributed by atoms with Gasteiger partial charge >= 0.3 is 0 Å². The zero-order valence-electron chi connectivity index (χ0n) is 8.24. The van der Waals surface area contributed by atoms with Crippen molar-refractivity contribution in [2.75, 3.05) is 11.9 Å². The van der Waals surface area contributed by atoms with Gasteiger partial charge in [-0.15, -0.1) is 0 Å². The maximum Gasteiger partial charge on any atom is 0.238 e. The van der Waals surface area contributed by atoms with Crippen LogP contribution in [0.5, 0.6) is 0 Å². The van der Waals surface area contributed by atoms with Gasteiger partial charge in [-0.2, -0.15) is 0 Å². The molecular formula is C8H10N6O. The van der Waals surface area contributed by atoms with Crippen molar-refractivity contribution in [1.82, 2.24) is 9.55 Å². The van der Waals surface area contributed by atoms with Crippen LogP contribution in [-0.2, 0) is 11.3 Å². The fourth-order valence-electron chi connectivity index (χ4n) is 1.65. The van der Waals surface area contributed by atoms with Crippen molar-refractivity contribution in [3.8, 4) is 0 Å². The van der Waals surface area contributed by atoms with E-state index in [2.05, 4.69) is 15.0 Å². The Morgan fingerprint density at radius 1 is 1.73 bits per heavy atom. The van der Waals surface area contributed by atoms with Crippen molar-refractivity contribution >= 4 is 11.9 Å². The summed E-state index contributed by atoms with van der Waals surface area (Å²) < 4.78 is 1.87. The number of hydrogen-bond donors (Lipinski definition) is 0. The third-order valence-corrected chi connectivity index (χ3v) is 2.44. The van der Waals surface area contributed by atoms with E-state index in [4.69, 9.17) is 5.53 Å². The molecule has 2 rings (SSSR count). The highest BCUT2D eigenvalue weighted by Crippen LogP contribution is 2.19. The first kappa shape index (κ1) is 9.54. The quantitative estimate of drug-likeness (QED) is 0.388. The van der Waals surface area contributed by atoms with Gasteiger partial charge < -0.3 is 4.57 Å². The lowest BCUT2D eigenvalue weighted by Crippen LogP contribution is -2.34. The average Bonchev–Trinajstić information content (AvgIpc) is 2.66. The van der Waals surface area contributed by atoms with Crippen LogP contribution in [0.2, 0.25) is 0 Å². The summed E-state index contributed by atoms with van der Waals surface area (Å²) in [5.41, 5.74) is 8.35. The van der Waals surface area contributed by atoms with Crippen LogP contribution < -0.4 is 4.90 Å². The van der Waals surface area contributed by atoms with Crippen molar-refractivity contribution in [2.24, 2.45) is 5.11 Å². The number of nitrogens with zero attached hydrogens (tertiary/aromatic N) is 6. The predicted molar refractivity (Wildman–Crippen MR) is 53.2 cm³/mol. The fraction of sp³-hybridized carbons (Fsp3) is 0.500. The molecule has 0 aromatic carbocycles. The largest absolute Gasteiger partial charge is 0.317 e. The van der Waals surface area contributed by atoms with E-state index < -0.39 is 6.04 Å². The molecule has 0 saturated heterocycles. The van der Waals surface area contributed by atoms with Crippen LogP contribution in [-0.4, -0.2) is 28.5 Å². The van der Waals surface area contributed by atoms with Gasteiger partial charge in [0.2, 0.25) is 11.9 Å². The Bertz CT molecular complexity index is 432. The summed E-state index contributed by atoms with van der Waals surface area (Å²) in [6, 6.07) is -0.623. The predicted octanol–water partition coefficient (Wildman–Crippen LogP) is 0.928. The van der Waals surface area contributed by atoms with Crippen molar-refractivity contribution in [3.63, 3.8) is 0 Å². The number of anilines is 1. The normalized spacial score (nSPS) is 20.5. The minimum absolute atomic E-state index is 0.210. The van der Waals surface area contributed by atoms with Gasteiger partial charge in [0.15, 0.2) is 0 Å². The molecule has 15 heavy (non-hydrogen) atoms. The number of aryl methyl sites for hydroxylation is 1. The van der Waals surface area contributed by atoms with Crippen LogP contribution in [0.15, 0.2) is 17.5 Å². The lowest BCUT2D eigenvalue weighted by Gasteiger charge is -2.15. The molecule has 1 aliphatic heterocycles. The number of rotatable bonds is 1. The SMILES string of the molecule is CN1C(=O)C(N=[N+]=[N-])CCn2ccnc21. The second kappa shape index (κ2) is 3.62. The first-order valence-corrected chi connectivity index (χ1v) is 4.57. The molecule has 0 bridgehead atoms. The van der Waals surface area contributed by atoms with E-state index in [-0.39, 0.29) is 5.91 Å². The highest BCUT2D eigenvalue weighted by atomic mass is 16.2. The Hall–Kier alpha value is -2.01. The average molecular weight is 206 g/mol. The molecule has 1 aromatic heterocycles. The number of likely N-dealkylation sites (N-methyl/N-ethyl adjacent to an activating group) is 1. The van der Waals surface area contributed by atoms with Crippen molar-refractivity contribution < 1.29 is 4.79 Å². The Kier molecular flexibility index (Phi) is 2.31. The third kappa shape index (κ3) is 1.53. The maximum atomic E-state index is 11.8. The smallest absolute Gasteiger partial charge is 0.238 e. The molecule has 0 radical (unpaired) electrons. The zero-order valence-corrected chi connectivity index (χ0v) is 8.24. The number of imidazole rings is 1. The van der Waals surface area contributed by atoms with Gasteiger partial charge in [0.1, 0.15) is 6.04 Å². The topological polar surface area (TPSA) is 86.9 Å². The Morgan fingerprint density at radius 3 is 3.27 bits per heavy atom. The molecule has 0 fully saturated rings. The van der Waals surface area contributed by atoms with E-state index in [1.54, 1.807) is 19.4 Å². The molecule has 0 N–H and O–H groups in total. The highest BCUT2D eigenvalue weighted by Gasteiger charge is 2.27. The molecule has 7 heteroatoms. The second-order valence-electron chi connectivity index (χ2n) is 3.33. The van der Waals surface area contributed by atoms with E-state index in [0.29, 0.717) is 18.9 Å². The summed E-state index contributed by atoms with van der Waals surface area (Å²) in [5, 5.41) is 3.49. The first-order chi connectivity index (χ1) is 7.24. The molecule has 1 amide bonds. The molecule has 1 aliphatic rings. The van der Waals surface area contributed by atoms with Crippen LogP contribution in [0.4, 0.5) is 5.95 Å². The molecule has 2 heterocycles. The Morgan fingerprint density at radius 2 is 2.53 bits per heavy atom. The highest BCUT2D eigenvalue weighted by molar-refractivity contribution is 5.95. The van der Waals surface area contributed by atoms with Gasteiger partial charge in [-0.25, -0.2) is 4.98 Å². The summed E-state index contributed by atoms with van der Waals surface area (Å²) in [5.74, 6) is 0.383. The van der Waals surface area contributed by atoms with E-state index in [1.165, 1.54) is 4.90 Å². The Balaban J connectivity index is 2.36. The molecule has 7 nitrogen and oxygen atoms in total. The molecule has 1 aromatic rings. The lowest BCUT2D eigenvalue weighted by atomic mass is 10.2. The van der Waals surface area contributed by atoms with Crippen molar-refractivity contribution in [1.29, 1.82) is 0 Å². The van der Waals surface area contributed by atoms with Crippen LogP contribution in [0.25, 0.3) is 10.4 Å². The van der Waals surface area contributed by atoms with Crippen molar-refractivity contribution in [2.45, 2.75) is 19.0 Å². The number of azide groups is 1. The van der Waals surface area contributed by atoms with Gasteiger partial charge in [-0.05, 0) is 12.0 Å². The number of amides is 1. The van der Waals surface area contributed by atoms with Crippen molar-refractivity contribution in [3.05, 3.63) is 22.8 Å². The Labute approximate surface area is 85.9 Å². The number of aromatic nitrogens is 2. The van der Waals surface area contributed by atoms with Gasteiger partial charge in [0, 0.05) is 30.9 Å². The molecule has 0 spiro atoms. The van der Waals surface area contributed by atoms with Gasteiger partial charge in [0.05, 0.1) is 0 Å². The number of hydrogen-bond acceptors (Lipinski definition) is 3. The minimum atomic E-state index is -0.623. The molecule has 0 saturated carbocycles. The summed E-state index contributed by atoms with van der Waals surface area (Å²) in [7, 11) is 1.63. The molecule has 78 valence electrons. The van der Waals surface area contributed by atoms with E-state index in [1.807, 2.05) is 4.57 Å². The van der Waals surface area contributed by atoms with Gasteiger partial charge in [-0.3, -0.25) is 9.69 Å². The van der Waals surface area contributed by atoms with Crippen LogP contribution in [0.1, 0.15) is 6.42 Å². The van der Waals surface area contributed by atoms with Crippen LogP contribution in [0.3, 0.4) is 0 Å². The van der Waals surface area contributed by atoms with E-state index in [9.17, 15) is 4.79 Å². The first-order valence-electron chi connectivity index (χ1n) is 4.57. The summed E-state index contributed by atoms with van der Waals surface area (Å²) in [6.45, 7) is 0.634. The standard InChI is InChI=1S/C8H10N6O/c1-13-7(15)6(11-12-9)2-4-14-5-3-10-8(13)14/h3,5-6H,2,4H2,1H3. The minimum Gasteiger partial charge on any atom is -0.317 e. The summed E-state index contributed by atoms with van der Waals surface area (Å²) in [4.78, 5) is 20.0. The fourth-order valence-corrected chi connectivity index (χ4v) is 1.65. The zero-order chi connectivity index (χ0) is 10.8. The second-order valence-corrected chi connectivity index (χ2v) is 3.33. The lowest BCUT2D eigenvalue weighted by molar-refractivity contribution is -0.119. The van der Waals surface area contributed by atoms with Gasteiger partial charge in [-0.1, -0.05) is 5.11 Å². The summed E-state index contributed by atoms with van der Waals surface area (Å²) in [6.07, 6.45) is 3.96. The number of carbonyl (C=O) groups excluding carboxylic acids is 1. The van der Waals surface area contributed by atoms with E-state index in [0.717, 1.165) is 0 Å². The van der Waals surface area contributed by atoms with E-state index >= 15 is 0 Å². The molecule has 1 unspecified atom stereocenters.